The number of aromatic nitrogens is 4. The molecule has 3 aromatic rings. The molecular formula is C19H22Cl2N4O2S. The van der Waals surface area contributed by atoms with Crippen LogP contribution in [-0.4, -0.2) is 46.2 Å². The highest BCUT2D eigenvalue weighted by atomic mass is 35.5. The summed E-state index contributed by atoms with van der Waals surface area (Å²) in [6.07, 6.45) is 8.80. The predicted molar refractivity (Wildman–Crippen MR) is 113 cm³/mol. The molecule has 0 saturated heterocycles. The first-order valence-electron chi connectivity index (χ1n) is 8.96. The zero-order valence-corrected chi connectivity index (χ0v) is 18.1. The molecule has 28 heavy (non-hydrogen) atoms. The molecular weight excluding hydrogens is 419 g/mol. The summed E-state index contributed by atoms with van der Waals surface area (Å²) in [5.41, 5.74) is 2.45. The Morgan fingerprint density at radius 3 is 2.71 bits per heavy atom. The Balaban J connectivity index is 1.80. The van der Waals surface area contributed by atoms with Crippen molar-refractivity contribution < 1.29 is 9.47 Å². The van der Waals surface area contributed by atoms with Gasteiger partial charge in [0, 0.05) is 25.7 Å². The van der Waals surface area contributed by atoms with Crippen molar-refractivity contribution in [3.05, 3.63) is 46.0 Å². The van der Waals surface area contributed by atoms with Crippen LogP contribution in [0.4, 0.5) is 0 Å². The van der Waals surface area contributed by atoms with Crippen molar-refractivity contribution in [2.75, 3.05) is 26.6 Å². The van der Waals surface area contributed by atoms with E-state index in [4.69, 9.17) is 32.7 Å². The maximum Gasteiger partial charge on any atom is 0.186 e. The second kappa shape index (κ2) is 10.3. The van der Waals surface area contributed by atoms with E-state index in [0.29, 0.717) is 23.1 Å². The van der Waals surface area contributed by atoms with Crippen molar-refractivity contribution in [1.29, 1.82) is 0 Å². The largest absolute Gasteiger partial charge is 0.493 e. The Hall–Kier alpha value is -1.54. The maximum atomic E-state index is 6.51. The van der Waals surface area contributed by atoms with Crippen molar-refractivity contribution >= 4 is 40.6 Å². The number of rotatable bonds is 10. The van der Waals surface area contributed by atoms with Crippen LogP contribution in [0.1, 0.15) is 30.5 Å². The molecule has 3 rings (SSSR count). The summed E-state index contributed by atoms with van der Waals surface area (Å²) in [6, 6.07) is 3.63. The predicted octanol–water partition coefficient (Wildman–Crippen LogP) is 4.94. The highest BCUT2D eigenvalue weighted by molar-refractivity contribution is 7.98. The second-order valence-electron chi connectivity index (χ2n) is 6.17. The fourth-order valence-electron chi connectivity index (χ4n) is 2.87. The Labute approximate surface area is 178 Å². The Morgan fingerprint density at radius 2 is 1.93 bits per heavy atom. The van der Waals surface area contributed by atoms with Gasteiger partial charge in [-0.25, -0.2) is 14.5 Å². The van der Waals surface area contributed by atoms with Crippen molar-refractivity contribution in [1.82, 2.24) is 19.6 Å². The van der Waals surface area contributed by atoms with E-state index >= 15 is 0 Å². The maximum absolute atomic E-state index is 6.51. The zero-order valence-electron chi connectivity index (χ0n) is 15.8. The van der Waals surface area contributed by atoms with Crippen LogP contribution in [-0.2, 0) is 11.2 Å². The average Bonchev–Trinajstić information content (AvgIpc) is 3.12. The molecule has 0 fully saturated rings. The summed E-state index contributed by atoms with van der Waals surface area (Å²) >= 11 is 14.3. The van der Waals surface area contributed by atoms with Crippen LogP contribution >= 0.6 is 35.0 Å². The summed E-state index contributed by atoms with van der Waals surface area (Å²) in [7, 11) is 1.71. The second-order valence-corrected chi connectivity index (χ2v) is 7.75. The number of hydrogen-bond donors (Lipinski definition) is 0. The highest BCUT2D eigenvalue weighted by Crippen LogP contribution is 2.35. The lowest BCUT2D eigenvalue weighted by Gasteiger charge is -2.14. The van der Waals surface area contributed by atoms with Crippen molar-refractivity contribution in [2.24, 2.45) is 0 Å². The summed E-state index contributed by atoms with van der Waals surface area (Å²) < 4.78 is 12.9. The third kappa shape index (κ3) is 4.89. The monoisotopic (exact) mass is 440 g/mol. The number of thioether (sulfide) groups is 1. The minimum Gasteiger partial charge on any atom is -0.493 e. The topological polar surface area (TPSA) is 61.5 Å². The molecule has 2 heterocycles. The molecule has 0 aliphatic rings. The average molecular weight is 441 g/mol. The van der Waals surface area contributed by atoms with Gasteiger partial charge < -0.3 is 9.47 Å². The van der Waals surface area contributed by atoms with E-state index in [0.717, 1.165) is 53.5 Å². The van der Waals surface area contributed by atoms with Gasteiger partial charge in [-0.1, -0.05) is 23.2 Å². The normalized spacial score (nSPS) is 11.3. The third-order valence-corrected chi connectivity index (χ3v) is 5.81. The van der Waals surface area contributed by atoms with Gasteiger partial charge in [0.25, 0.3) is 0 Å². The number of halogens is 2. The van der Waals surface area contributed by atoms with Crippen molar-refractivity contribution in [3.8, 4) is 5.75 Å². The van der Waals surface area contributed by atoms with E-state index in [1.54, 1.807) is 23.9 Å². The van der Waals surface area contributed by atoms with Crippen LogP contribution in [0.25, 0.3) is 5.65 Å². The molecule has 0 bridgehead atoms. The van der Waals surface area contributed by atoms with Gasteiger partial charge in [-0.05, 0) is 37.7 Å². The van der Waals surface area contributed by atoms with Gasteiger partial charge in [0.15, 0.2) is 5.65 Å². The van der Waals surface area contributed by atoms with E-state index in [9.17, 15) is 0 Å². The van der Waals surface area contributed by atoms with Gasteiger partial charge in [-0.2, -0.15) is 5.10 Å². The van der Waals surface area contributed by atoms with Crippen LogP contribution in [0.5, 0.6) is 5.75 Å². The molecule has 0 atom stereocenters. The smallest absolute Gasteiger partial charge is 0.186 e. The number of hydrogen-bond acceptors (Lipinski definition) is 6. The summed E-state index contributed by atoms with van der Waals surface area (Å²) in [5, 5.41) is 6.15. The lowest BCUT2D eigenvalue weighted by atomic mass is 10.1. The van der Waals surface area contributed by atoms with Crippen LogP contribution in [0.2, 0.25) is 10.0 Å². The Kier molecular flexibility index (Phi) is 7.79. The fraction of sp³-hybridized carbons (Fsp3) is 0.421. The molecule has 0 spiro atoms. The molecule has 150 valence electrons. The summed E-state index contributed by atoms with van der Waals surface area (Å²) in [6.45, 7) is 1.38. The molecule has 0 saturated carbocycles. The molecule has 2 aromatic heterocycles. The molecule has 6 nitrogen and oxygen atoms in total. The van der Waals surface area contributed by atoms with Crippen molar-refractivity contribution in [3.63, 3.8) is 0 Å². The van der Waals surface area contributed by atoms with E-state index in [1.807, 2.05) is 12.3 Å². The lowest BCUT2D eigenvalue weighted by Crippen LogP contribution is -2.05. The molecule has 0 amide bonds. The number of methoxy groups -OCH3 is 1. The number of benzene rings is 1. The van der Waals surface area contributed by atoms with E-state index in [1.165, 1.54) is 18.1 Å². The Morgan fingerprint density at radius 1 is 1.11 bits per heavy atom. The first-order valence-corrected chi connectivity index (χ1v) is 10.9. The summed E-state index contributed by atoms with van der Waals surface area (Å²) in [5.74, 6) is 0.732. The van der Waals surface area contributed by atoms with E-state index in [-0.39, 0.29) is 0 Å². The number of imidazole rings is 1. The number of fused-ring (bicyclic) bond motifs is 1. The first kappa shape index (κ1) is 21.2. The molecule has 1 aromatic carbocycles. The van der Waals surface area contributed by atoms with Crippen molar-refractivity contribution in [2.45, 2.75) is 30.7 Å². The van der Waals surface area contributed by atoms with Gasteiger partial charge in [-0.3, -0.25) is 0 Å². The number of unbranched alkanes of at least 4 members (excludes halogenated alkanes) is 2. The molecule has 0 radical (unpaired) electrons. The molecule has 0 N–H and O–H groups in total. The molecule has 0 aliphatic heterocycles. The first-order chi connectivity index (χ1) is 13.7. The quantitative estimate of drug-likeness (QED) is 0.328. The van der Waals surface area contributed by atoms with E-state index in [2.05, 4.69) is 15.1 Å². The Bertz CT molecular complexity index is 936. The van der Waals surface area contributed by atoms with Gasteiger partial charge in [0.2, 0.25) is 0 Å². The van der Waals surface area contributed by atoms with Gasteiger partial charge >= 0.3 is 0 Å². The minimum atomic E-state index is 0.493. The highest BCUT2D eigenvalue weighted by Gasteiger charge is 2.17. The number of nitrogens with zero attached hydrogens (tertiary/aromatic N) is 4. The zero-order chi connectivity index (χ0) is 19.9. The molecule has 0 aliphatic carbocycles. The standard InChI is InChI=1S/C19H22Cl2N4O2S/c1-26-8-4-3-5-9-27-16-7-6-15(20)17(21)14(16)10-13-11-22-18-19(28-2)23-12-24-25(13)18/h6-7,11-12H,3-5,8-10H2,1-2H3. The van der Waals surface area contributed by atoms with Crippen LogP contribution in [0.15, 0.2) is 29.7 Å². The number of ether oxygens (including phenoxy) is 2. The van der Waals surface area contributed by atoms with E-state index < -0.39 is 0 Å². The SMILES string of the molecule is COCCCCCOc1ccc(Cl)c(Cl)c1Cc1cnc2c(SC)ncnn12. The van der Waals surface area contributed by atoms with Gasteiger partial charge in [0.05, 0.1) is 28.5 Å². The van der Waals surface area contributed by atoms with Crippen LogP contribution in [0.3, 0.4) is 0 Å². The molecule has 9 heteroatoms. The lowest BCUT2D eigenvalue weighted by molar-refractivity contribution is 0.189. The van der Waals surface area contributed by atoms with Gasteiger partial charge in [-0.15, -0.1) is 11.8 Å². The summed E-state index contributed by atoms with van der Waals surface area (Å²) in [4.78, 5) is 8.71. The van der Waals surface area contributed by atoms with Crippen LogP contribution < -0.4 is 4.74 Å². The van der Waals surface area contributed by atoms with Crippen LogP contribution in [0, 0.1) is 0 Å². The van der Waals surface area contributed by atoms with Gasteiger partial charge in [0.1, 0.15) is 17.1 Å². The third-order valence-electron chi connectivity index (χ3n) is 4.30. The molecule has 0 unspecified atom stereocenters. The fourth-order valence-corrected chi connectivity index (χ4v) is 3.75. The minimum absolute atomic E-state index is 0.493.